The number of aromatic nitrogens is 4. The number of H-pyrrole nitrogens is 1. The van der Waals surface area contributed by atoms with Gasteiger partial charge in [0.15, 0.2) is 11.5 Å². The van der Waals surface area contributed by atoms with Gasteiger partial charge in [0.2, 0.25) is 5.91 Å². The van der Waals surface area contributed by atoms with Gasteiger partial charge in [-0.3, -0.25) is 4.79 Å². The number of rotatable bonds is 5. The van der Waals surface area contributed by atoms with Crippen LogP contribution in [-0.2, 0) is 11.3 Å². The quantitative estimate of drug-likeness (QED) is 0.651. The fourth-order valence-corrected chi connectivity index (χ4v) is 1.92. The largest absolute Gasteiger partial charge is 0.359 e. The normalized spacial score (nSPS) is 10.5. The molecule has 0 fully saturated rings. The maximum absolute atomic E-state index is 11.8. The van der Waals surface area contributed by atoms with E-state index in [1.807, 2.05) is 30.3 Å². The topological polar surface area (TPSA) is 95.6 Å². The minimum Gasteiger partial charge on any atom is -0.359 e. The smallest absolute Gasteiger partial charge is 0.239 e. The number of anilines is 1. The average Bonchev–Trinajstić information content (AvgIpc) is 3.01. The van der Waals surface area contributed by atoms with Crippen LogP contribution in [0.2, 0.25) is 0 Å². The van der Waals surface area contributed by atoms with Gasteiger partial charge in [-0.25, -0.2) is 15.0 Å². The van der Waals surface area contributed by atoms with E-state index in [1.165, 1.54) is 6.33 Å². The van der Waals surface area contributed by atoms with Gasteiger partial charge in [0.1, 0.15) is 11.8 Å². The van der Waals surface area contributed by atoms with Gasteiger partial charge in [0, 0.05) is 6.54 Å². The Morgan fingerprint density at radius 1 is 1.14 bits per heavy atom. The number of aromatic amines is 1. The highest BCUT2D eigenvalue weighted by Gasteiger charge is 2.07. The van der Waals surface area contributed by atoms with E-state index in [2.05, 4.69) is 30.6 Å². The number of hydrogen-bond acceptors (Lipinski definition) is 5. The minimum absolute atomic E-state index is 0.106. The summed E-state index contributed by atoms with van der Waals surface area (Å²) in [6, 6.07) is 9.75. The molecule has 0 radical (unpaired) electrons. The molecular weight excluding hydrogens is 268 g/mol. The molecule has 7 heteroatoms. The van der Waals surface area contributed by atoms with Crippen molar-refractivity contribution in [2.75, 3.05) is 11.9 Å². The van der Waals surface area contributed by atoms with Gasteiger partial charge >= 0.3 is 0 Å². The Bertz CT molecular complexity index is 739. The first-order chi connectivity index (χ1) is 10.3. The van der Waals surface area contributed by atoms with Crippen LogP contribution in [0.3, 0.4) is 0 Å². The molecule has 0 aliphatic rings. The van der Waals surface area contributed by atoms with Crippen LogP contribution in [0.1, 0.15) is 5.56 Å². The zero-order valence-electron chi connectivity index (χ0n) is 11.2. The van der Waals surface area contributed by atoms with Gasteiger partial charge in [-0.05, 0) is 5.56 Å². The summed E-state index contributed by atoms with van der Waals surface area (Å²) in [6.45, 7) is 0.641. The fraction of sp³-hybridized carbons (Fsp3) is 0.143. The molecule has 1 aromatic carbocycles. The summed E-state index contributed by atoms with van der Waals surface area (Å²) in [4.78, 5) is 26.9. The molecule has 0 aliphatic carbocycles. The van der Waals surface area contributed by atoms with Crippen molar-refractivity contribution < 1.29 is 4.79 Å². The molecule has 3 rings (SSSR count). The van der Waals surface area contributed by atoms with E-state index in [4.69, 9.17) is 0 Å². The van der Waals surface area contributed by atoms with E-state index in [-0.39, 0.29) is 12.5 Å². The predicted molar refractivity (Wildman–Crippen MR) is 78.5 cm³/mol. The predicted octanol–water partition coefficient (Wildman–Crippen LogP) is 1.08. The molecule has 2 aromatic heterocycles. The second-order valence-electron chi connectivity index (χ2n) is 4.44. The summed E-state index contributed by atoms with van der Waals surface area (Å²) < 4.78 is 0. The first-order valence-corrected chi connectivity index (χ1v) is 6.51. The third-order valence-corrected chi connectivity index (χ3v) is 2.97. The summed E-state index contributed by atoms with van der Waals surface area (Å²) >= 11 is 0. The van der Waals surface area contributed by atoms with Gasteiger partial charge in [0.25, 0.3) is 0 Å². The summed E-state index contributed by atoms with van der Waals surface area (Å²) in [5.41, 5.74) is 2.31. The zero-order valence-corrected chi connectivity index (χ0v) is 11.2. The number of hydrogen-bond donors (Lipinski definition) is 3. The maximum atomic E-state index is 11.8. The van der Waals surface area contributed by atoms with E-state index in [9.17, 15) is 4.79 Å². The van der Waals surface area contributed by atoms with Crippen LogP contribution in [0.5, 0.6) is 0 Å². The van der Waals surface area contributed by atoms with Crippen LogP contribution < -0.4 is 10.6 Å². The molecule has 0 atom stereocenters. The van der Waals surface area contributed by atoms with Crippen LogP contribution >= 0.6 is 0 Å². The van der Waals surface area contributed by atoms with E-state index in [0.717, 1.165) is 5.56 Å². The van der Waals surface area contributed by atoms with Gasteiger partial charge in [-0.2, -0.15) is 0 Å². The number of carbonyl (C=O) groups is 1. The molecule has 0 saturated heterocycles. The molecule has 0 bridgehead atoms. The molecule has 1 amide bonds. The van der Waals surface area contributed by atoms with Crippen molar-refractivity contribution in [3.63, 3.8) is 0 Å². The first-order valence-electron chi connectivity index (χ1n) is 6.51. The van der Waals surface area contributed by atoms with Crippen molar-refractivity contribution in [1.29, 1.82) is 0 Å². The Kier molecular flexibility index (Phi) is 3.72. The number of amides is 1. The molecule has 0 spiro atoms. The van der Waals surface area contributed by atoms with Gasteiger partial charge in [0.05, 0.1) is 12.9 Å². The third kappa shape index (κ3) is 3.14. The molecular formula is C14H14N6O. The Hall–Kier alpha value is -2.96. The monoisotopic (exact) mass is 282 g/mol. The number of fused-ring (bicyclic) bond motifs is 1. The molecule has 21 heavy (non-hydrogen) atoms. The SMILES string of the molecule is O=C(CNc1ncnc2nc[nH]c12)NCc1ccccc1. The molecule has 106 valence electrons. The average molecular weight is 282 g/mol. The summed E-state index contributed by atoms with van der Waals surface area (Å²) in [7, 11) is 0. The summed E-state index contributed by atoms with van der Waals surface area (Å²) in [5, 5.41) is 5.82. The Labute approximate surface area is 120 Å². The first kappa shape index (κ1) is 13.0. The highest BCUT2D eigenvalue weighted by molar-refractivity contribution is 5.86. The van der Waals surface area contributed by atoms with Crippen molar-refractivity contribution in [3.8, 4) is 0 Å². The van der Waals surface area contributed by atoms with Crippen LogP contribution in [0.25, 0.3) is 11.2 Å². The van der Waals surface area contributed by atoms with E-state index in [0.29, 0.717) is 23.5 Å². The molecule has 7 nitrogen and oxygen atoms in total. The highest BCUT2D eigenvalue weighted by Crippen LogP contribution is 2.13. The van der Waals surface area contributed by atoms with Crippen LogP contribution in [0.15, 0.2) is 43.0 Å². The summed E-state index contributed by atoms with van der Waals surface area (Å²) in [5.74, 6) is 0.456. The van der Waals surface area contributed by atoms with Crippen molar-refractivity contribution in [2.24, 2.45) is 0 Å². The molecule has 0 unspecified atom stereocenters. The lowest BCUT2D eigenvalue weighted by atomic mass is 10.2. The maximum Gasteiger partial charge on any atom is 0.239 e. The lowest BCUT2D eigenvalue weighted by molar-refractivity contribution is -0.119. The van der Waals surface area contributed by atoms with Crippen molar-refractivity contribution >= 4 is 22.9 Å². The van der Waals surface area contributed by atoms with Crippen LogP contribution in [0, 0.1) is 0 Å². The molecule has 3 N–H and O–H groups in total. The number of nitrogens with zero attached hydrogens (tertiary/aromatic N) is 3. The van der Waals surface area contributed by atoms with E-state index in [1.54, 1.807) is 6.33 Å². The number of nitrogens with one attached hydrogen (secondary N) is 3. The van der Waals surface area contributed by atoms with E-state index < -0.39 is 0 Å². The van der Waals surface area contributed by atoms with Gasteiger partial charge in [-0.15, -0.1) is 0 Å². The zero-order chi connectivity index (χ0) is 14.5. The second kappa shape index (κ2) is 6.00. The van der Waals surface area contributed by atoms with Gasteiger partial charge < -0.3 is 15.6 Å². The molecule has 3 aromatic rings. The lowest BCUT2D eigenvalue weighted by Crippen LogP contribution is -2.29. The molecule has 0 saturated carbocycles. The number of carbonyl (C=O) groups excluding carboxylic acids is 1. The standard InChI is InChI=1S/C14H14N6O/c21-11(15-6-10-4-2-1-3-5-10)7-16-13-12-14(18-8-17-12)20-9-19-13/h1-5,8-9H,6-7H2,(H,15,21)(H2,16,17,18,19,20). The van der Waals surface area contributed by atoms with E-state index >= 15 is 0 Å². The summed E-state index contributed by atoms with van der Waals surface area (Å²) in [6.07, 6.45) is 2.95. The Morgan fingerprint density at radius 3 is 2.86 bits per heavy atom. The molecule has 0 aliphatic heterocycles. The third-order valence-electron chi connectivity index (χ3n) is 2.97. The lowest BCUT2D eigenvalue weighted by Gasteiger charge is -2.07. The Balaban J connectivity index is 1.55. The van der Waals surface area contributed by atoms with Crippen molar-refractivity contribution in [3.05, 3.63) is 48.5 Å². The van der Waals surface area contributed by atoms with Crippen molar-refractivity contribution in [1.82, 2.24) is 25.3 Å². The van der Waals surface area contributed by atoms with Crippen LogP contribution in [-0.4, -0.2) is 32.4 Å². The number of benzene rings is 1. The highest BCUT2D eigenvalue weighted by atomic mass is 16.1. The fourth-order valence-electron chi connectivity index (χ4n) is 1.92. The van der Waals surface area contributed by atoms with Gasteiger partial charge in [-0.1, -0.05) is 30.3 Å². The second-order valence-corrected chi connectivity index (χ2v) is 4.44. The number of imidazole rings is 1. The van der Waals surface area contributed by atoms with Crippen molar-refractivity contribution in [2.45, 2.75) is 6.54 Å². The molecule has 2 heterocycles. The Morgan fingerprint density at radius 2 is 2.00 bits per heavy atom. The van der Waals surface area contributed by atoms with Crippen LogP contribution in [0.4, 0.5) is 5.82 Å². The minimum atomic E-state index is -0.106.